The van der Waals surface area contributed by atoms with E-state index in [-0.39, 0.29) is 17.2 Å². The molecule has 0 saturated heterocycles. The van der Waals surface area contributed by atoms with Gasteiger partial charge in [-0.25, -0.2) is 13.1 Å². The van der Waals surface area contributed by atoms with Crippen molar-refractivity contribution in [3.05, 3.63) is 65.2 Å². The smallest absolute Gasteiger partial charge is 0.307 e. The van der Waals surface area contributed by atoms with Crippen molar-refractivity contribution in [3.8, 4) is 0 Å². The summed E-state index contributed by atoms with van der Waals surface area (Å²) in [6, 6.07) is 14.0. The minimum Gasteiger partial charge on any atom is -0.481 e. The molecule has 1 aliphatic carbocycles. The Morgan fingerprint density at radius 1 is 1.08 bits per heavy atom. The average molecular weight is 345 g/mol. The highest BCUT2D eigenvalue weighted by Crippen LogP contribution is 2.27. The number of carboxylic acid groups (broad SMARTS) is 1. The molecule has 1 aliphatic rings. The molecule has 126 valence electrons. The van der Waals surface area contributed by atoms with Crippen LogP contribution < -0.4 is 4.72 Å². The monoisotopic (exact) mass is 345 g/mol. The van der Waals surface area contributed by atoms with Crippen LogP contribution in [0.1, 0.15) is 16.7 Å². The van der Waals surface area contributed by atoms with Gasteiger partial charge in [0.15, 0.2) is 0 Å². The van der Waals surface area contributed by atoms with Crippen LogP contribution in [0.15, 0.2) is 53.4 Å². The lowest BCUT2D eigenvalue weighted by Crippen LogP contribution is -2.29. The molecule has 5 nitrogen and oxygen atoms in total. The SMILES string of the molecule is O=C(O)Cc1ccc2c(c1)CC(CNS(=O)(=O)c1ccccc1)C2. The summed E-state index contributed by atoms with van der Waals surface area (Å²) in [5.74, 6) is -0.654. The third-order valence-corrected chi connectivity index (χ3v) is 5.70. The fourth-order valence-corrected chi connectivity index (χ4v) is 4.24. The Bertz CT molecular complexity index is 847. The van der Waals surface area contributed by atoms with Crippen molar-refractivity contribution in [2.75, 3.05) is 6.54 Å². The molecule has 2 N–H and O–H groups in total. The first-order chi connectivity index (χ1) is 11.4. The van der Waals surface area contributed by atoms with E-state index >= 15 is 0 Å². The molecule has 0 spiro atoms. The first-order valence-corrected chi connectivity index (χ1v) is 9.29. The van der Waals surface area contributed by atoms with Crippen molar-refractivity contribution >= 4 is 16.0 Å². The molecule has 0 bridgehead atoms. The number of hydrogen-bond donors (Lipinski definition) is 2. The normalized spacial score (nSPS) is 16.8. The van der Waals surface area contributed by atoms with Crippen molar-refractivity contribution < 1.29 is 18.3 Å². The number of sulfonamides is 1. The second-order valence-corrected chi connectivity index (χ2v) is 7.88. The van der Waals surface area contributed by atoms with Gasteiger partial charge >= 0.3 is 5.97 Å². The molecular weight excluding hydrogens is 326 g/mol. The Balaban J connectivity index is 1.63. The second kappa shape index (κ2) is 6.75. The molecule has 0 saturated carbocycles. The zero-order chi connectivity index (χ0) is 17.2. The maximum absolute atomic E-state index is 12.3. The summed E-state index contributed by atoms with van der Waals surface area (Å²) in [6.45, 7) is 0.375. The van der Waals surface area contributed by atoms with E-state index in [1.807, 2.05) is 18.2 Å². The summed E-state index contributed by atoms with van der Waals surface area (Å²) in [7, 11) is -3.49. The van der Waals surface area contributed by atoms with E-state index in [0.717, 1.165) is 24.0 Å². The highest BCUT2D eigenvalue weighted by molar-refractivity contribution is 7.89. The van der Waals surface area contributed by atoms with Crippen LogP contribution in [0.3, 0.4) is 0 Å². The van der Waals surface area contributed by atoms with Crippen molar-refractivity contribution in [3.63, 3.8) is 0 Å². The van der Waals surface area contributed by atoms with Gasteiger partial charge in [-0.2, -0.15) is 0 Å². The molecule has 0 aromatic heterocycles. The number of carbonyl (C=O) groups is 1. The number of rotatable bonds is 6. The molecule has 1 atom stereocenters. The predicted octanol–water partition coefficient (Wildman–Crippen LogP) is 2.01. The molecular formula is C18H19NO4S. The van der Waals surface area contributed by atoms with E-state index in [4.69, 9.17) is 5.11 Å². The Hall–Kier alpha value is -2.18. The molecule has 0 fully saturated rings. The van der Waals surface area contributed by atoms with Gasteiger partial charge in [0.2, 0.25) is 10.0 Å². The number of benzene rings is 2. The predicted molar refractivity (Wildman–Crippen MR) is 90.3 cm³/mol. The first-order valence-electron chi connectivity index (χ1n) is 7.81. The summed E-state index contributed by atoms with van der Waals surface area (Å²) in [5, 5.41) is 8.87. The lowest BCUT2D eigenvalue weighted by Gasteiger charge is -2.11. The Morgan fingerprint density at radius 2 is 1.79 bits per heavy atom. The number of carboxylic acids is 1. The van der Waals surface area contributed by atoms with E-state index in [9.17, 15) is 13.2 Å². The molecule has 0 heterocycles. The Morgan fingerprint density at radius 3 is 2.50 bits per heavy atom. The molecule has 6 heteroatoms. The highest BCUT2D eigenvalue weighted by atomic mass is 32.2. The van der Waals surface area contributed by atoms with Crippen LogP contribution in [0, 0.1) is 5.92 Å². The summed E-state index contributed by atoms with van der Waals surface area (Å²) >= 11 is 0. The lowest BCUT2D eigenvalue weighted by atomic mass is 10.0. The summed E-state index contributed by atoms with van der Waals surface area (Å²) in [6.07, 6.45) is 1.58. The fourth-order valence-electron chi connectivity index (χ4n) is 3.10. The topological polar surface area (TPSA) is 83.5 Å². The van der Waals surface area contributed by atoms with Gasteiger partial charge in [0.1, 0.15) is 0 Å². The molecule has 1 unspecified atom stereocenters. The number of nitrogens with one attached hydrogen (secondary N) is 1. The largest absolute Gasteiger partial charge is 0.481 e. The Labute approximate surface area is 141 Å². The average Bonchev–Trinajstić information content (AvgIpc) is 2.95. The minimum atomic E-state index is -3.49. The van der Waals surface area contributed by atoms with E-state index in [1.165, 1.54) is 5.56 Å². The lowest BCUT2D eigenvalue weighted by molar-refractivity contribution is -0.136. The molecule has 0 radical (unpaired) electrons. The quantitative estimate of drug-likeness (QED) is 0.839. The van der Waals surface area contributed by atoms with Crippen LogP contribution >= 0.6 is 0 Å². The molecule has 0 aliphatic heterocycles. The van der Waals surface area contributed by atoms with Crippen molar-refractivity contribution in [2.24, 2.45) is 5.92 Å². The van der Waals surface area contributed by atoms with Gasteiger partial charge in [0.25, 0.3) is 0 Å². The van der Waals surface area contributed by atoms with Gasteiger partial charge in [-0.1, -0.05) is 36.4 Å². The second-order valence-electron chi connectivity index (χ2n) is 6.11. The van der Waals surface area contributed by atoms with Gasteiger partial charge < -0.3 is 5.11 Å². The molecule has 2 aromatic rings. The number of hydrogen-bond acceptors (Lipinski definition) is 3. The Kier molecular flexibility index (Phi) is 4.69. The molecule has 2 aromatic carbocycles. The maximum Gasteiger partial charge on any atom is 0.307 e. The van der Waals surface area contributed by atoms with Crippen LogP contribution in [0.2, 0.25) is 0 Å². The highest BCUT2D eigenvalue weighted by Gasteiger charge is 2.24. The van der Waals surface area contributed by atoms with Gasteiger partial charge in [0.05, 0.1) is 11.3 Å². The van der Waals surface area contributed by atoms with Crippen molar-refractivity contribution in [1.29, 1.82) is 0 Å². The van der Waals surface area contributed by atoms with Crippen LogP contribution in [0.5, 0.6) is 0 Å². The molecule has 3 rings (SSSR count). The fraction of sp³-hybridized carbons (Fsp3) is 0.278. The summed E-state index contributed by atoms with van der Waals surface area (Å²) < 4.78 is 27.2. The van der Waals surface area contributed by atoms with E-state index in [2.05, 4.69) is 4.72 Å². The van der Waals surface area contributed by atoms with Crippen molar-refractivity contribution in [2.45, 2.75) is 24.2 Å². The van der Waals surface area contributed by atoms with E-state index < -0.39 is 16.0 Å². The van der Waals surface area contributed by atoms with Crippen molar-refractivity contribution in [1.82, 2.24) is 4.72 Å². The molecule has 24 heavy (non-hydrogen) atoms. The van der Waals surface area contributed by atoms with E-state index in [0.29, 0.717) is 6.54 Å². The van der Waals surface area contributed by atoms with Gasteiger partial charge in [-0.15, -0.1) is 0 Å². The first kappa shape index (κ1) is 16.7. The summed E-state index contributed by atoms with van der Waals surface area (Å²) in [5.41, 5.74) is 3.08. The van der Waals surface area contributed by atoms with Crippen LogP contribution in [0.4, 0.5) is 0 Å². The minimum absolute atomic E-state index is 0.0125. The molecule has 0 amide bonds. The zero-order valence-corrected chi connectivity index (χ0v) is 13.9. The third-order valence-electron chi connectivity index (χ3n) is 4.26. The maximum atomic E-state index is 12.3. The van der Waals surface area contributed by atoms with Gasteiger partial charge in [-0.05, 0) is 47.6 Å². The third kappa shape index (κ3) is 3.83. The zero-order valence-electron chi connectivity index (χ0n) is 13.1. The standard InChI is InChI=1S/C18H19NO4S/c20-18(21)11-13-6-7-15-9-14(10-16(15)8-13)12-19-24(22,23)17-4-2-1-3-5-17/h1-8,14,19H,9-12H2,(H,20,21). The van der Waals surface area contributed by atoms with Gasteiger partial charge in [-0.3, -0.25) is 4.79 Å². The van der Waals surface area contributed by atoms with E-state index in [1.54, 1.807) is 30.3 Å². The van der Waals surface area contributed by atoms with Crippen LogP contribution in [0.25, 0.3) is 0 Å². The van der Waals surface area contributed by atoms with Crippen LogP contribution in [-0.4, -0.2) is 26.0 Å². The van der Waals surface area contributed by atoms with Crippen LogP contribution in [-0.2, 0) is 34.1 Å². The van der Waals surface area contributed by atoms with Gasteiger partial charge in [0, 0.05) is 6.54 Å². The number of fused-ring (bicyclic) bond motifs is 1. The number of aliphatic carboxylic acids is 1. The summed E-state index contributed by atoms with van der Waals surface area (Å²) in [4.78, 5) is 11.1.